The lowest BCUT2D eigenvalue weighted by Crippen LogP contribution is -2.37. The molecule has 2 aliphatic heterocycles. The van der Waals surface area contributed by atoms with Crippen LogP contribution in [0.2, 0.25) is 0 Å². The molecule has 3 rings (SSSR count). The van der Waals surface area contributed by atoms with Gasteiger partial charge in [-0.2, -0.15) is 0 Å². The molecule has 0 saturated carbocycles. The number of hydrogen-bond donors (Lipinski definition) is 0. The molecule has 120 valence electrons. The smallest absolute Gasteiger partial charge is 0.257 e. The maximum Gasteiger partial charge on any atom is 0.257 e. The third kappa shape index (κ3) is 3.50. The molecule has 0 bridgehead atoms. The van der Waals surface area contributed by atoms with Gasteiger partial charge in [0.2, 0.25) is 0 Å². The van der Waals surface area contributed by atoms with E-state index in [2.05, 4.69) is 17.0 Å². The van der Waals surface area contributed by atoms with Crippen molar-refractivity contribution in [1.82, 2.24) is 9.80 Å². The number of carbonyl (C=O) groups is 1. The Labute approximate surface area is 130 Å². The van der Waals surface area contributed by atoms with Gasteiger partial charge in [0.1, 0.15) is 12.4 Å². The average molecular weight is 305 g/mol. The van der Waals surface area contributed by atoms with Gasteiger partial charge >= 0.3 is 0 Å². The third-order valence-electron chi connectivity index (χ3n) is 4.31. The monoisotopic (exact) mass is 305 g/mol. The van der Waals surface area contributed by atoms with Crippen LogP contribution in [0.15, 0.2) is 28.2 Å². The van der Waals surface area contributed by atoms with E-state index >= 15 is 0 Å². The van der Waals surface area contributed by atoms with Crippen LogP contribution in [0.1, 0.15) is 36.5 Å². The summed E-state index contributed by atoms with van der Waals surface area (Å²) < 4.78 is 5.00. The molecular formula is C16H23N3O3. The summed E-state index contributed by atoms with van der Waals surface area (Å²) in [6.07, 6.45) is 6.11. The molecular weight excluding hydrogens is 282 g/mol. The summed E-state index contributed by atoms with van der Waals surface area (Å²) in [5.41, 5.74) is 1.78. The Morgan fingerprint density at radius 3 is 3.00 bits per heavy atom. The minimum absolute atomic E-state index is 0.0596. The van der Waals surface area contributed by atoms with Crippen molar-refractivity contribution in [1.29, 1.82) is 0 Å². The lowest BCUT2D eigenvalue weighted by molar-refractivity contribution is 0.0530. The maximum absolute atomic E-state index is 12.4. The number of amides is 1. The highest BCUT2D eigenvalue weighted by molar-refractivity contribution is 5.93. The molecule has 1 atom stereocenters. The first-order valence-electron chi connectivity index (χ1n) is 8.01. The van der Waals surface area contributed by atoms with Crippen LogP contribution < -0.4 is 0 Å². The Morgan fingerprint density at radius 1 is 1.36 bits per heavy atom. The van der Waals surface area contributed by atoms with Crippen molar-refractivity contribution in [3.05, 3.63) is 24.2 Å². The molecule has 1 amide bonds. The number of hydrogen-bond acceptors (Lipinski definition) is 5. The van der Waals surface area contributed by atoms with Gasteiger partial charge in [0.15, 0.2) is 0 Å². The lowest BCUT2D eigenvalue weighted by Gasteiger charge is -2.23. The van der Waals surface area contributed by atoms with Crippen LogP contribution in [0.3, 0.4) is 0 Å². The molecule has 0 N–H and O–H groups in total. The van der Waals surface area contributed by atoms with Crippen molar-refractivity contribution in [2.45, 2.75) is 32.3 Å². The first-order chi connectivity index (χ1) is 10.8. The minimum Gasteiger partial charge on any atom is -0.472 e. The van der Waals surface area contributed by atoms with E-state index < -0.39 is 0 Å². The predicted octanol–water partition coefficient (Wildman–Crippen LogP) is 1.98. The quantitative estimate of drug-likeness (QED) is 0.853. The van der Waals surface area contributed by atoms with Gasteiger partial charge in [-0.1, -0.05) is 12.1 Å². The van der Waals surface area contributed by atoms with Crippen LogP contribution in [0.25, 0.3) is 0 Å². The highest BCUT2D eigenvalue weighted by Gasteiger charge is 2.25. The summed E-state index contributed by atoms with van der Waals surface area (Å²) in [5.74, 6) is 0.0596. The van der Waals surface area contributed by atoms with Crippen molar-refractivity contribution in [2.75, 3.05) is 32.7 Å². The van der Waals surface area contributed by atoms with Gasteiger partial charge in [-0.25, -0.2) is 0 Å². The van der Waals surface area contributed by atoms with Gasteiger partial charge in [-0.05, 0) is 18.9 Å². The zero-order chi connectivity index (χ0) is 15.4. The largest absolute Gasteiger partial charge is 0.472 e. The Bertz CT molecular complexity index is 527. The molecule has 0 aromatic carbocycles. The molecule has 3 heterocycles. The van der Waals surface area contributed by atoms with E-state index in [0.717, 1.165) is 57.7 Å². The van der Waals surface area contributed by atoms with Crippen LogP contribution in [0.4, 0.5) is 0 Å². The highest BCUT2D eigenvalue weighted by Crippen LogP contribution is 2.16. The van der Waals surface area contributed by atoms with E-state index in [1.54, 1.807) is 12.3 Å². The fourth-order valence-electron chi connectivity index (χ4n) is 3.01. The summed E-state index contributed by atoms with van der Waals surface area (Å²) >= 11 is 0. The van der Waals surface area contributed by atoms with Crippen molar-refractivity contribution in [2.24, 2.45) is 5.16 Å². The van der Waals surface area contributed by atoms with E-state index in [4.69, 9.17) is 9.25 Å². The third-order valence-corrected chi connectivity index (χ3v) is 4.31. The second-order valence-corrected chi connectivity index (χ2v) is 5.90. The van der Waals surface area contributed by atoms with Gasteiger partial charge in [0, 0.05) is 39.1 Å². The fraction of sp³-hybridized carbons (Fsp3) is 0.625. The standard InChI is InChI=1S/C16H23N3O3/c1-2-14-10-15(22-17-14)11-18-5-3-6-19(8-7-18)16(20)13-4-9-21-12-13/h4,9,12,15H,2-3,5-8,10-11H2,1H3/t15-/m1/s1. The SMILES string of the molecule is CCC1=NO[C@@H](CN2CCCN(C(=O)c3ccoc3)CC2)C1. The topological polar surface area (TPSA) is 58.3 Å². The van der Waals surface area contributed by atoms with Crippen molar-refractivity contribution in [3.63, 3.8) is 0 Å². The summed E-state index contributed by atoms with van der Waals surface area (Å²) in [4.78, 5) is 22.1. The number of oxime groups is 1. The fourth-order valence-corrected chi connectivity index (χ4v) is 3.01. The van der Waals surface area contributed by atoms with E-state index in [9.17, 15) is 4.79 Å². The van der Waals surface area contributed by atoms with E-state index in [1.807, 2.05) is 4.90 Å². The molecule has 6 heteroatoms. The number of nitrogens with zero attached hydrogens (tertiary/aromatic N) is 3. The highest BCUT2D eigenvalue weighted by atomic mass is 16.6. The van der Waals surface area contributed by atoms with Gasteiger partial charge < -0.3 is 14.2 Å². The van der Waals surface area contributed by atoms with E-state index in [-0.39, 0.29) is 12.0 Å². The van der Waals surface area contributed by atoms with Crippen LogP contribution in [0, 0.1) is 0 Å². The Kier molecular flexibility index (Phi) is 4.77. The molecule has 0 unspecified atom stereocenters. The molecule has 22 heavy (non-hydrogen) atoms. The first-order valence-corrected chi connectivity index (χ1v) is 8.01. The second-order valence-electron chi connectivity index (χ2n) is 5.90. The predicted molar refractivity (Wildman–Crippen MR) is 82.9 cm³/mol. The van der Waals surface area contributed by atoms with Crippen LogP contribution in [-0.2, 0) is 4.84 Å². The Hall–Kier alpha value is -1.82. The van der Waals surface area contributed by atoms with E-state index in [1.165, 1.54) is 6.26 Å². The Morgan fingerprint density at radius 2 is 2.27 bits per heavy atom. The van der Waals surface area contributed by atoms with Gasteiger partial charge in [0.05, 0.1) is 17.5 Å². The number of carbonyl (C=O) groups excluding carboxylic acids is 1. The molecule has 0 radical (unpaired) electrons. The first kappa shape index (κ1) is 15.1. The molecule has 1 fully saturated rings. The summed E-state index contributed by atoms with van der Waals surface area (Å²) in [5, 5.41) is 4.12. The number of furan rings is 1. The molecule has 0 spiro atoms. The summed E-state index contributed by atoms with van der Waals surface area (Å²) in [6, 6.07) is 1.72. The summed E-state index contributed by atoms with van der Waals surface area (Å²) in [7, 11) is 0. The van der Waals surface area contributed by atoms with Crippen LogP contribution in [-0.4, -0.2) is 60.2 Å². The minimum atomic E-state index is 0.0596. The molecule has 1 aromatic heterocycles. The zero-order valence-corrected chi connectivity index (χ0v) is 13.0. The molecule has 2 aliphatic rings. The van der Waals surface area contributed by atoms with Gasteiger partial charge in [-0.15, -0.1) is 0 Å². The van der Waals surface area contributed by atoms with Crippen LogP contribution in [0.5, 0.6) is 0 Å². The van der Waals surface area contributed by atoms with E-state index in [0.29, 0.717) is 5.56 Å². The Balaban J connectivity index is 1.49. The molecule has 6 nitrogen and oxygen atoms in total. The maximum atomic E-state index is 12.4. The van der Waals surface area contributed by atoms with Crippen molar-refractivity contribution in [3.8, 4) is 0 Å². The van der Waals surface area contributed by atoms with Gasteiger partial charge in [-0.3, -0.25) is 9.69 Å². The van der Waals surface area contributed by atoms with Gasteiger partial charge in [0.25, 0.3) is 5.91 Å². The lowest BCUT2D eigenvalue weighted by atomic mass is 10.1. The molecule has 0 aliphatic carbocycles. The molecule has 1 aromatic rings. The zero-order valence-electron chi connectivity index (χ0n) is 13.0. The van der Waals surface area contributed by atoms with Crippen molar-refractivity contribution >= 4 is 11.6 Å². The number of rotatable bonds is 4. The second kappa shape index (κ2) is 6.96. The van der Waals surface area contributed by atoms with Crippen LogP contribution >= 0.6 is 0 Å². The normalized spacial score (nSPS) is 23.0. The molecule has 1 saturated heterocycles. The van der Waals surface area contributed by atoms with Crippen molar-refractivity contribution < 1.29 is 14.0 Å². The summed E-state index contributed by atoms with van der Waals surface area (Å²) in [6.45, 7) is 6.42. The average Bonchev–Trinajstić information content (AvgIpc) is 3.16.